The number of carbonyl (C=O) groups is 2. The maximum Gasteiger partial charge on any atom is 0.324 e. The Labute approximate surface area is 185 Å². The molecule has 0 spiro atoms. The number of hydrogen-bond acceptors (Lipinski definition) is 4. The molecule has 1 saturated carbocycles. The number of halogens is 2. The van der Waals surface area contributed by atoms with Crippen molar-refractivity contribution in [3.05, 3.63) is 45.3 Å². The Bertz CT molecular complexity index is 897. The topological polar surface area (TPSA) is 87.5 Å². The van der Waals surface area contributed by atoms with Crippen LogP contribution in [0.5, 0.6) is 0 Å². The summed E-state index contributed by atoms with van der Waals surface area (Å²) in [4.78, 5) is 28.1. The van der Waals surface area contributed by atoms with E-state index in [4.69, 9.17) is 17.3 Å². The van der Waals surface area contributed by atoms with Crippen LogP contribution in [0.3, 0.4) is 0 Å². The number of fused-ring (bicyclic) bond motifs is 1. The second kappa shape index (κ2) is 9.34. The number of nitrogens with one attached hydrogen (secondary N) is 2. The molecule has 0 atom stereocenters. The molecule has 0 saturated heterocycles. The van der Waals surface area contributed by atoms with Gasteiger partial charge in [0.2, 0.25) is 0 Å². The summed E-state index contributed by atoms with van der Waals surface area (Å²) in [5.41, 5.74) is 7.71. The minimum absolute atomic E-state index is 0. The van der Waals surface area contributed by atoms with Crippen LogP contribution in [0.15, 0.2) is 24.3 Å². The van der Waals surface area contributed by atoms with Gasteiger partial charge in [-0.1, -0.05) is 18.0 Å². The van der Waals surface area contributed by atoms with Crippen molar-refractivity contribution in [1.82, 2.24) is 4.90 Å². The SMILES string of the molecule is Cl.NC(=O)c1c(NC(=O)Nc2ccc(Cl)cc2)sc2c1CCN(CC1CCC1)C2. The molecule has 0 bridgehead atoms. The molecule has 1 aromatic heterocycles. The number of rotatable bonds is 5. The van der Waals surface area contributed by atoms with Gasteiger partial charge in [0.05, 0.1) is 5.56 Å². The molecule has 29 heavy (non-hydrogen) atoms. The van der Waals surface area contributed by atoms with Gasteiger partial charge in [0, 0.05) is 35.2 Å². The second-order valence-electron chi connectivity index (χ2n) is 7.44. The Balaban J connectivity index is 0.00000240. The highest BCUT2D eigenvalue weighted by Crippen LogP contribution is 2.38. The van der Waals surface area contributed by atoms with Crippen LogP contribution in [0.25, 0.3) is 0 Å². The zero-order valence-electron chi connectivity index (χ0n) is 15.9. The average Bonchev–Trinajstić information content (AvgIpc) is 2.97. The summed E-state index contributed by atoms with van der Waals surface area (Å²) in [6.07, 6.45) is 4.76. The molecule has 156 valence electrons. The summed E-state index contributed by atoms with van der Waals surface area (Å²) < 4.78 is 0. The zero-order chi connectivity index (χ0) is 19.7. The summed E-state index contributed by atoms with van der Waals surface area (Å²) in [6, 6.07) is 6.43. The van der Waals surface area contributed by atoms with Crippen molar-refractivity contribution in [2.75, 3.05) is 23.7 Å². The fraction of sp³-hybridized carbons (Fsp3) is 0.400. The van der Waals surface area contributed by atoms with Gasteiger partial charge < -0.3 is 11.1 Å². The third-order valence-electron chi connectivity index (χ3n) is 5.45. The highest BCUT2D eigenvalue weighted by molar-refractivity contribution is 7.17. The van der Waals surface area contributed by atoms with Crippen LogP contribution in [-0.4, -0.2) is 29.9 Å². The van der Waals surface area contributed by atoms with Gasteiger partial charge >= 0.3 is 6.03 Å². The summed E-state index contributed by atoms with van der Waals surface area (Å²) in [5, 5.41) is 6.68. The first kappa shape index (κ1) is 21.9. The van der Waals surface area contributed by atoms with Crippen molar-refractivity contribution in [3.8, 4) is 0 Å². The van der Waals surface area contributed by atoms with Crippen LogP contribution in [0.4, 0.5) is 15.5 Å². The van der Waals surface area contributed by atoms with Crippen LogP contribution in [0, 0.1) is 5.92 Å². The number of anilines is 2. The van der Waals surface area contributed by atoms with Gasteiger partial charge in [-0.25, -0.2) is 4.79 Å². The average molecular weight is 455 g/mol. The van der Waals surface area contributed by atoms with Gasteiger partial charge in [-0.05, 0) is 55.0 Å². The molecule has 1 aliphatic carbocycles. The summed E-state index contributed by atoms with van der Waals surface area (Å²) in [5.74, 6) is 0.312. The van der Waals surface area contributed by atoms with E-state index >= 15 is 0 Å². The first-order valence-electron chi connectivity index (χ1n) is 9.50. The van der Waals surface area contributed by atoms with Crippen molar-refractivity contribution in [3.63, 3.8) is 0 Å². The van der Waals surface area contributed by atoms with Crippen LogP contribution >= 0.6 is 35.3 Å². The third kappa shape index (κ3) is 5.04. The Morgan fingerprint density at radius 2 is 1.93 bits per heavy atom. The number of primary amides is 1. The lowest BCUT2D eigenvalue weighted by molar-refractivity contribution is 0.0999. The minimum atomic E-state index is -0.494. The normalized spacial score (nSPS) is 16.3. The highest BCUT2D eigenvalue weighted by atomic mass is 35.5. The van der Waals surface area contributed by atoms with Gasteiger partial charge in [0.1, 0.15) is 5.00 Å². The number of urea groups is 1. The van der Waals surface area contributed by atoms with E-state index in [1.807, 2.05) is 0 Å². The number of amides is 3. The minimum Gasteiger partial charge on any atom is -0.365 e. The van der Waals surface area contributed by atoms with Crippen LogP contribution < -0.4 is 16.4 Å². The molecule has 1 fully saturated rings. The molecule has 1 aliphatic heterocycles. The van der Waals surface area contributed by atoms with Crippen LogP contribution in [0.1, 0.15) is 40.1 Å². The predicted molar refractivity (Wildman–Crippen MR) is 121 cm³/mol. The molecule has 4 rings (SSSR count). The van der Waals surface area contributed by atoms with Crippen molar-refractivity contribution in [1.29, 1.82) is 0 Å². The summed E-state index contributed by atoms with van der Waals surface area (Å²) in [6.45, 7) is 2.86. The zero-order valence-corrected chi connectivity index (χ0v) is 18.3. The molecular formula is C20H24Cl2N4O2S. The molecule has 2 aromatic rings. The smallest absolute Gasteiger partial charge is 0.324 e. The number of benzene rings is 1. The van der Waals surface area contributed by atoms with E-state index in [9.17, 15) is 9.59 Å². The maximum absolute atomic E-state index is 12.4. The van der Waals surface area contributed by atoms with Gasteiger partial charge in [-0.15, -0.1) is 23.7 Å². The summed E-state index contributed by atoms with van der Waals surface area (Å²) in [7, 11) is 0. The van der Waals surface area contributed by atoms with E-state index in [0.717, 1.165) is 42.4 Å². The Kier molecular flexibility index (Phi) is 7.05. The second-order valence-corrected chi connectivity index (χ2v) is 8.98. The van der Waals surface area contributed by atoms with Gasteiger partial charge in [0.25, 0.3) is 5.91 Å². The lowest BCUT2D eigenvalue weighted by Crippen LogP contribution is -2.36. The third-order valence-corrected chi connectivity index (χ3v) is 6.84. The van der Waals surface area contributed by atoms with Crippen LogP contribution in [0.2, 0.25) is 5.02 Å². The van der Waals surface area contributed by atoms with Crippen molar-refractivity contribution in [2.45, 2.75) is 32.2 Å². The van der Waals surface area contributed by atoms with Gasteiger partial charge in [-0.3, -0.25) is 15.0 Å². The summed E-state index contributed by atoms with van der Waals surface area (Å²) >= 11 is 7.32. The van der Waals surface area contributed by atoms with E-state index in [2.05, 4.69) is 15.5 Å². The fourth-order valence-corrected chi connectivity index (χ4v) is 5.22. The molecule has 2 aliphatic rings. The Morgan fingerprint density at radius 1 is 1.21 bits per heavy atom. The molecule has 0 radical (unpaired) electrons. The van der Waals surface area contributed by atoms with Crippen molar-refractivity contribution < 1.29 is 9.59 Å². The van der Waals surface area contributed by atoms with Gasteiger partial charge in [0.15, 0.2) is 0 Å². The van der Waals surface area contributed by atoms with Gasteiger partial charge in [-0.2, -0.15) is 0 Å². The molecule has 9 heteroatoms. The Morgan fingerprint density at radius 3 is 2.55 bits per heavy atom. The molecule has 3 amide bonds. The predicted octanol–water partition coefficient (Wildman–Crippen LogP) is 4.72. The largest absolute Gasteiger partial charge is 0.365 e. The monoisotopic (exact) mass is 454 g/mol. The molecule has 2 heterocycles. The highest BCUT2D eigenvalue weighted by Gasteiger charge is 2.29. The molecule has 6 nitrogen and oxygen atoms in total. The van der Waals surface area contributed by atoms with Crippen molar-refractivity contribution in [2.24, 2.45) is 11.7 Å². The quantitative estimate of drug-likeness (QED) is 0.610. The van der Waals surface area contributed by atoms with E-state index in [0.29, 0.717) is 21.3 Å². The van der Waals surface area contributed by atoms with E-state index in [-0.39, 0.29) is 12.4 Å². The lowest BCUT2D eigenvalue weighted by atomic mass is 9.85. The van der Waals surface area contributed by atoms with Crippen molar-refractivity contribution >= 4 is 58.0 Å². The maximum atomic E-state index is 12.4. The number of carbonyl (C=O) groups excluding carboxylic acids is 2. The first-order valence-corrected chi connectivity index (χ1v) is 10.7. The molecular weight excluding hydrogens is 431 g/mol. The van der Waals surface area contributed by atoms with Crippen LogP contribution in [-0.2, 0) is 13.0 Å². The van der Waals surface area contributed by atoms with E-state index < -0.39 is 11.9 Å². The van der Waals surface area contributed by atoms with E-state index in [1.54, 1.807) is 24.3 Å². The first-order chi connectivity index (χ1) is 13.5. The molecule has 4 N–H and O–H groups in total. The fourth-order valence-electron chi connectivity index (χ4n) is 3.80. The number of nitrogens with two attached hydrogens (primary N) is 1. The van der Waals surface area contributed by atoms with E-state index in [1.165, 1.54) is 30.6 Å². The molecule has 0 unspecified atom stereocenters. The number of thiophene rings is 1. The Hall–Kier alpha value is -1.80. The lowest BCUT2D eigenvalue weighted by Gasteiger charge is -2.34. The molecule has 1 aromatic carbocycles. The standard InChI is InChI=1S/C20H23ClN4O2S.ClH/c21-13-4-6-14(7-5-13)23-20(27)24-19-17(18(22)26)15-8-9-25(11-16(15)28-19)10-12-2-1-3-12;/h4-7,12H,1-3,8-11H2,(H2,22,26)(H2,23,24,27);1H. The number of hydrogen-bond donors (Lipinski definition) is 3. The number of nitrogens with zero attached hydrogens (tertiary/aromatic N) is 1.